The third-order valence-electron chi connectivity index (χ3n) is 5.41. The van der Waals surface area contributed by atoms with Gasteiger partial charge in [-0.25, -0.2) is 4.79 Å². The fourth-order valence-corrected chi connectivity index (χ4v) is 3.80. The summed E-state index contributed by atoms with van der Waals surface area (Å²) < 4.78 is 5.59. The normalized spacial score (nSPS) is 17.6. The van der Waals surface area contributed by atoms with Gasteiger partial charge in [0.25, 0.3) is 0 Å². The van der Waals surface area contributed by atoms with Crippen LogP contribution in [-0.2, 0) is 16.1 Å². The van der Waals surface area contributed by atoms with Crippen LogP contribution < -0.4 is 5.32 Å². The Bertz CT molecular complexity index is 712. The smallest absolute Gasteiger partial charge is 0.410 e. The van der Waals surface area contributed by atoms with Crippen LogP contribution in [0.2, 0.25) is 0 Å². The van der Waals surface area contributed by atoms with Gasteiger partial charge in [-0.05, 0) is 78.0 Å². The van der Waals surface area contributed by atoms with E-state index in [-0.39, 0.29) is 18.0 Å². The molecular weight excluding hydrogens is 378 g/mol. The van der Waals surface area contributed by atoms with Crippen molar-refractivity contribution < 1.29 is 14.3 Å². The first-order chi connectivity index (χ1) is 14.0. The van der Waals surface area contributed by atoms with Crippen LogP contribution in [0.5, 0.6) is 0 Å². The maximum absolute atomic E-state index is 12.6. The highest BCUT2D eigenvalue weighted by Gasteiger charge is 2.29. The number of likely N-dealkylation sites (tertiary alicyclic amines) is 1. The number of carbonyl (C=O) groups excluding carboxylic acids is 2. The number of nitrogens with zero attached hydrogens (tertiary/aromatic N) is 2. The van der Waals surface area contributed by atoms with Crippen LogP contribution in [0.3, 0.4) is 0 Å². The average Bonchev–Trinajstić information content (AvgIpc) is 2.64. The topological polar surface area (TPSA) is 61.9 Å². The second-order valence-corrected chi connectivity index (χ2v) is 9.67. The zero-order chi connectivity index (χ0) is 22.3. The zero-order valence-corrected chi connectivity index (χ0v) is 19.5. The van der Waals surface area contributed by atoms with Gasteiger partial charge in [-0.2, -0.15) is 0 Å². The number of nitrogens with one attached hydrogen (secondary N) is 1. The van der Waals surface area contributed by atoms with E-state index < -0.39 is 5.60 Å². The summed E-state index contributed by atoms with van der Waals surface area (Å²) in [7, 11) is 0. The summed E-state index contributed by atoms with van der Waals surface area (Å²) >= 11 is 0. The van der Waals surface area contributed by atoms with Crippen LogP contribution in [0.15, 0.2) is 24.3 Å². The maximum Gasteiger partial charge on any atom is 0.410 e. The van der Waals surface area contributed by atoms with Crippen molar-refractivity contribution in [2.24, 2.45) is 5.92 Å². The number of piperidine rings is 1. The molecule has 1 aromatic carbocycles. The molecule has 1 aliphatic heterocycles. The van der Waals surface area contributed by atoms with Crippen LogP contribution in [0.25, 0.3) is 0 Å². The van der Waals surface area contributed by atoms with Gasteiger partial charge in [0.15, 0.2) is 0 Å². The van der Waals surface area contributed by atoms with Crippen molar-refractivity contribution in [3.63, 3.8) is 0 Å². The Balaban J connectivity index is 1.85. The molecule has 2 rings (SSSR count). The lowest BCUT2D eigenvalue weighted by Crippen LogP contribution is -2.48. The highest BCUT2D eigenvalue weighted by molar-refractivity contribution is 5.78. The number of aryl methyl sites for hydroxylation is 1. The molecule has 2 amide bonds. The van der Waals surface area contributed by atoms with Crippen molar-refractivity contribution in [2.45, 2.75) is 72.6 Å². The lowest BCUT2D eigenvalue weighted by atomic mass is 9.97. The van der Waals surface area contributed by atoms with E-state index in [1.54, 1.807) is 0 Å². The van der Waals surface area contributed by atoms with E-state index in [2.05, 4.69) is 23.2 Å². The van der Waals surface area contributed by atoms with Crippen molar-refractivity contribution in [2.75, 3.05) is 26.2 Å². The molecule has 1 saturated heterocycles. The molecule has 0 aromatic heterocycles. The number of hydrogen-bond acceptors (Lipinski definition) is 4. The molecule has 6 nitrogen and oxygen atoms in total. The molecule has 0 spiro atoms. The molecule has 0 saturated carbocycles. The standard InChI is InChI=1S/C24H39N3O3/c1-18(2)27(23(29)30-24(4,5)6)16-20-11-9-13-26(15-20)17-22(28)25-14-21-12-8-7-10-19(21)3/h7-8,10,12,18,20H,9,11,13-17H2,1-6H3,(H,25,28). The van der Waals surface area contributed by atoms with Crippen molar-refractivity contribution in [1.82, 2.24) is 15.1 Å². The van der Waals surface area contributed by atoms with Gasteiger partial charge in [-0.1, -0.05) is 24.3 Å². The molecule has 1 heterocycles. The molecule has 6 heteroatoms. The molecule has 30 heavy (non-hydrogen) atoms. The largest absolute Gasteiger partial charge is 0.444 e. The summed E-state index contributed by atoms with van der Waals surface area (Å²) in [5, 5.41) is 3.04. The number of benzene rings is 1. The molecule has 0 aliphatic carbocycles. The van der Waals surface area contributed by atoms with Gasteiger partial charge < -0.3 is 15.0 Å². The Morgan fingerprint density at radius 3 is 2.60 bits per heavy atom. The number of hydrogen-bond donors (Lipinski definition) is 1. The fourth-order valence-electron chi connectivity index (χ4n) is 3.80. The Morgan fingerprint density at radius 2 is 1.97 bits per heavy atom. The van der Waals surface area contributed by atoms with Crippen LogP contribution in [0.1, 0.15) is 58.6 Å². The first-order valence-corrected chi connectivity index (χ1v) is 11.1. The quantitative estimate of drug-likeness (QED) is 0.729. The molecule has 0 bridgehead atoms. The second-order valence-electron chi connectivity index (χ2n) is 9.67. The van der Waals surface area contributed by atoms with E-state index in [1.165, 1.54) is 5.56 Å². The van der Waals surface area contributed by atoms with Crippen LogP contribution in [0, 0.1) is 12.8 Å². The predicted octanol–water partition coefficient (Wildman–Crippen LogP) is 3.97. The Morgan fingerprint density at radius 1 is 1.27 bits per heavy atom. The van der Waals surface area contributed by atoms with Gasteiger partial charge in [-0.15, -0.1) is 0 Å². The molecule has 1 aliphatic rings. The monoisotopic (exact) mass is 417 g/mol. The fraction of sp³-hybridized carbons (Fsp3) is 0.667. The first kappa shape index (κ1) is 24.2. The van der Waals surface area contributed by atoms with Crippen LogP contribution in [-0.4, -0.2) is 59.6 Å². The van der Waals surface area contributed by atoms with Crippen LogP contribution >= 0.6 is 0 Å². The Labute approximate surface area is 182 Å². The van der Waals surface area contributed by atoms with Gasteiger partial charge in [0.2, 0.25) is 5.91 Å². The number of carbonyl (C=O) groups is 2. The third kappa shape index (κ3) is 7.98. The molecule has 168 valence electrons. The zero-order valence-electron chi connectivity index (χ0n) is 19.5. The maximum atomic E-state index is 12.6. The van der Waals surface area contributed by atoms with E-state index in [9.17, 15) is 9.59 Å². The van der Waals surface area contributed by atoms with Crippen molar-refractivity contribution >= 4 is 12.0 Å². The lowest BCUT2D eigenvalue weighted by molar-refractivity contribution is -0.122. The highest BCUT2D eigenvalue weighted by atomic mass is 16.6. The molecular formula is C24H39N3O3. The Hall–Kier alpha value is -2.08. The molecule has 1 atom stereocenters. The van der Waals surface area contributed by atoms with E-state index >= 15 is 0 Å². The molecule has 1 N–H and O–H groups in total. The van der Waals surface area contributed by atoms with Crippen molar-refractivity contribution in [1.29, 1.82) is 0 Å². The van der Waals surface area contributed by atoms with Gasteiger partial charge in [0.05, 0.1) is 6.54 Å². The number of ether oxygens (including phenoxy) is 1. The van der Waals surface area contributed by atoms with Gasteiger partial charge >= 0.3 is 6.09 Å². The van der Waals surface area contributed by atoms with E-state index in [4.69, 9.17) is 4.74 Å². The summed E-state index contributed by atoms with van der Waals surface area (Å²) in [6.45, 7) is 15.1. The molecule has 1 unspecified atom stereocenters. The summed E-state index contributed by atoms with van der Waals surface area (Å²) in [5.41, 5.74) is 1.83. The molecule has 1 aromatic rings. The van der Waals surface area contributed by atoms with Crippen molar-refractivity contribution in [3.05, 3.63) is 35.4 Å². The van der Waals surface area contributed by atoms with Gasteiger partial charge in [-0.3, -0.25) is 9.69 Å². The van der Waals surface area contributed by atoms with Crippen molar-refractivity contribution in [3.8, 4) is 0 Å². The first-order valence-electron chi connectivity index (χ1n) is 11.1. The highest BCUT2D eigenvalue weighted by Crippen LogP contribution is 2.20. The van der Waals surface area contributed by atoms with E-state index in [0.29, 0.717) is 25.6 Å². The minimum Gasteiger partial charge on any atom is -0.444 e. The predicted molar refractivity (Wildman–Crippen MR) is 120 cm³/mol. The molecule has 0 radical (unpaired) electrons. The summed E-state index contributed by atoms with van der Waals surface area (Å²) in [6, 6.07) is 8.18. The number of amides is 2. The number of rotatable bonds is 7. The minimum absolute atomic E-state index is 0.0479. The van der Waals surface area contributed by atoms with E-state index in [0.717, 1.165) is 31.5 Å². The SMILES string of the molecule is Cc1ccccc1CNC(=O)CN1CCCC(CN(C(=O)OC(C)(C)C)C(C)C)C1. The van der Waals surface area contributed by atoms with Gasteiger partial charge in [0, 0.05) is 25.7 Å². The lowest BCUT2D eigenvalue weighted by Gasteiger charge is -2.37. The summed E-state index contributed by atoms with van der Waals surface area (Å²) in [4.78, 5) is 29.1. The second kappa shape index (κ2) is 10.8. The average molecular weight is 418 g/mol. The molecule has 1 fully saturated rings. The summed E-state index contributed by atoms with van der Waals surface area (Å²) in [6.07, 6.45) is 1.84. The van der Waals surface area contributed by atoms with E-state index in [1.807, 2.05) is 57.7 Å². The Kier molecular flexibility index (Phi) is 8.71. The third-order valence-corrected chi connectivity index (χ3v) is 5.41. The summed E-state index contributed by atoms with van der Waals surface area (Å²) in [5.74, 6) is 0.393. The van der Waals surface area contributed by atoms with Crippen LogP contribution in [0.4, 0.5) is 4.79 Å². The minimum atomic E-state index is -0.502. The van der Waals surface area contributed by atoms with Gasteiger partial charge in [0.1, 0.15) is 5.60 Å².